The number of nitrogens with two attached hydrogens (primary N) is 1. The van der Waals surface area contributed by atoms with Gasteiger partial charge < -0.3 is 15.0 Å². The first-order chi connectivity index (χ1) is 8.72. The van der Waals surface area contributed by atoms with Crippen LogP contribution in [-0.4, -0.2) is 23.4 Å². The van der Waals surface area contributed by atoms with Crippen LogP contribution >= 0.6 is 0 Å². The van der Waals surface area contributed by atoms with Crippen LogP contribution in [0.15, 0.2) is 28.8 Å². The van der Waals surface area contributed by atoms with E-state index < -0.39 is 11.9 Å². The Morgan fingerprint density at radius 1 is 1.44 bits per heavy atom. The van der Waals surface area contributed by atoms with Gasteiger partial charge in [-0.15, -0.1) is 0 Å². The molecule has 0 amide bonds. The maximum atomic E-state index is 13.5. The Bertz CT molecular complexity index is 516. The van der Waals surface area contributed by atoms with Gasteiger partial charge in [0.15, 0.2) is 5.82 Å². The highest BCUT2D eigenvalue weighted by Crippen LogP contribution is 2.21. The van der Waals surface area contributed by atoms with E-state index in [2.05, 4.69) is 10.1 Å². The standard InChI is InChI=1S/C12H14FN3O2/c1-2-17-7-10(14)11-15-12(18-16-11)8-5-3-4-6-9(8)13/h3-6,10H,2,7,14H2,1H3. The quantitative estimate of drug-likeness (QED) is 0.878. The molecule has 0 aliphatic rings. The van der Waals surface area contributed by atoms with E-state index in [0.29, 0.717) is 19.0 Å². The fraction of sp³-hybridized carbons (Fsp3) is 0.333. The second-order valence-corrected chi connectivity index (χ2v) is 3.70. The van der Waals surface area contributed by atoms with Crippen LogP contribution in [-0.2, 0) is 4.74 Å². The van der Waals surface area contributed by atoms with Crippen molar-refractivity contribution in [2.24, 2.45) is 5.73 Å². The Kier molecular flexibility index (Phi) is 4.01. The smallest absolute Gasteiger partial charge is 0.260 e. The van der Waals surface area contributed by atoms with Crippen molar-refractivity contribution in [3.8, 4) is 11.5 Å². The van der Waals surface area contributed by atoms with E-state index in [1.807, 2.05) is 6.92 Å². The van der Waals surface area contributed by atoms with Crippen LogP contribution in [0, 0.1) is 5.82 Å². The molecular formula is C12H14FN3O2. The minimum Gasteiger partial charge on any atom is -0.380 e. The lowest BCUT2D eigenvalue weighted by atomic mass is 10.2. The van der Waals surface area contributed by atoms with Gasteiger partial charge in [0, 0.05) is 6.61 Å². The Morgan fingerprint density at radius 3 is 2.94 bits per heavy atom. The monoisotopic (exact) mass is 251 g/mol. The van der Waals surface area contributed by atoms with Gasteiger partial charge in [0.25, 0.3) is 5.89 Å². The number of hydrogen-bond acceptors (Lipinski definition) is 5. The number of nitrogens with zero attached hydrogens (tertiary/aromatic N) is 2. The van der Waals surface area contributed by atoms with Crippen LogP contribution in [0.2, 0.25) is 0 Å². The molecule has 1 heterocycles. The number of ether oxygens (including phenoxy) is 1. The highest BCUT2D eigenvalue weighted by molar-refractivity contribution is 5.53. The highest BCUT2D eigenvalue weighted by Gasteiger charge is 2.17. The summed E-state index contributed by atoms with van der Waals surface area (Å²) in [4.78, 5) is 4.07. The first-order valence-corrected chi connectivity index (χ1v) is 5.64. The summed E-state index contributed by atoms with van der Waals surface area (Å²) in [5, 5.41) is 3.73. The third kappa shape index (κ3) is 2.72. The van der Waals surface area contributed by atoms with Crippen molar-refractivity contribution in [1.82, 2.24) is 10.1 Å². The van der Waals surface area contributed by atoms with Crippen molar-refractivity contribution in [3.63, 3.8) is 0 Å². The molecular weight excluding hydrogens is 237 g/mol. The van der Waals surface area contributed by atoms with Crippen LogP contribution in [0.1, 0.15) is 18.8 Å². The molecule has 1 aromatic carbocycles. The van der Waals surface area contributed by atoms with E-state index in [-0.39, 0.29) is 11.5 Å². The third-order valence-electron chi connectivity index (χ3n) is 2.38. The fourth-order valence-corrected chi connectivity index (χ4v) is 1.45. The average molecular weight is 251 g/mol. The Hall–Kier alpha value is -1.79. The van der Waals surface area contributed by atoms with Gasteiger partial charge in [0.05, 0.1) is 18.2 Å². The molecule has 1 aromatic heterocycles. The molecule has 6 heteroatoms. The summed E-state index contributed by atoms with van der Waals surface area (Å²) in [5.41, 5.74) is 6.07. The summed E-state index contributed by atoms with van der Waals surface area (Å²) in [6.45, 7) is 2.73. The molecule has 0 fully saturated rings. The zero-order valence-corrected chi connectivity index (χ0v) is 9.97. The molecule has 2 aromatic rings. The topological polar surface area (TPSA) is 74.2 Å². The van der Waals surface area contributed by atoms with Crippen LogP contribution in [0.4, 0.5) is 4.39 Å². The minimum absolute atomic E-state index is 0.120. The van der Waals surface area contributed by atoms with Crippen LogP contribution in [0.3, 0.4) is 0 Å². The van der Waals surface area contributed by atoms with Crippen molar-refractivity contribution in [1.29, 1.82) is 0 Å². The van der Waals surface area contributed by atoms with Gasteiger partial charge in [-0.2, -0.15) is 4.98 Å². The Morgan fingerprint density at radius 2 is 2.22 bits per heavy atom. The summed E-state index contributed by atoms with van der Waals surface area (Å²) in [6, 6.07) is 5.72. The second-order valence-electron chi connectivity index (χ2n) is 3.70. The van der Waals surface area contributed by atoms with Crippen LogP contribution < -0.4 is 5.73 Å². The molecule has 2 rings (SSSR count). The van der Waals surface area contributed by atoms with Crippen molar-refractivity contribution in [2.45, 2.75) is 13.0 Å². The lowest BCUT2D eigenvalue weighted by Crippen LogP contribution is -2.18. The lowest BCUT2D eigenvalue weighted by Gasteiger charge is -2.05. The van der Waals surface area contributed by atoms with Crippen LogP contribution in [0.5, 0.6) is 0 Å². The molecule has 1 atom stereocenters. The van der Waals surface area contributed by atoms with Gasteiger partial charge >= 0.3 is 0 Å². The summed E-state index contributed by atoms with van der Waals surface area (Å²) >= 11 is 0. The van der Waals surface area contributed by atoms with Crippen molar-refractivity contribution >= 4 is 0 Å². The maximum absolute atomic E-state index is 13.5. The SMILES string of the molecule is CCOCC(N)c1noc(-c2ccccc2F)n1. The Labute approximate surface area is 104 Å². The number of rotatable bonds is 5. The molecule has 0 aliphatic heterocycles. The van der Waals surface area contributed by atoms with E-state index in [4.69, 9.17) is 15.0 Å². The number of aromatic nitrogens is 2. The summed E-state index contributed by atoms with van der Waals surface area (Å²) in [5.74, 6) is 0.0165. The van der Waals surface area contributed by atoms with Crippen molar-refractivity contribution < 1.29 is 13.7 Å². The molecule has 18 heavy (non-hydrogen) atoms. The molecule has 0 radical (unpaired) electrons. The molecule has 0 spiro atoms. The lowest BCUT2D eigenvalue weighted by molar-refractivity contribution is 0.130. The zero-order valence-electron chi connectivity index (χ0n) is 9.97. The molecule has 0 bridgehead atoms. The number of halogens is 1. The predicted octanol–water partition coefficient (Wildman–Crippen LogP) is 1.91. The molecule has 5 nitrogen and oxygen atoms in total. The fourth-order valence-electron chi connectivity index (χ4n) is 1.45. The molecule has 0 saturated carbocycles. The number of hydrogen-bond donors (Lipinski definition) is 1. The van der Waals surface area contributed by atoms with Crippen molar-refractivity contribution in [3.05, 3.63) is 35.9 Å². The first kappa shape index (κ1) is 12.7. The molecule has 0 aliphatic carbocycles. The van der Waals surface area contributed by atoms with Gasteiger partial charge in [-0.25, -0.2) is 4.39 Å². The van der Waals surface area contributed by atoms with E-state index in [1.54, 1.807) is 18.2 Å². The van der Waals surface area contributed by atoms with E-state index in [0.717, 1.165) is 0 Å². The largest absolute Gasteiger partial charge is 0.380 e. The maximum Gasteiger partial charge on any atom is 0.260 e. The van der Waals surface area contributed by atoms with E-state index >= 15 is 0 Å². The van der Waals surface area contributed by atoms with Crippen molar-refractivity contribution in [2.75, 3.05) is 13.2 Å². The summed E-state index contributed by atoms with van der Waals surface area (Å²) in [6.07, 6.45) is 0. The van der Waals surface area contributed by atoms with E-state index in [9.17, 15) is 4.39 Å². The average Bonchev–Trinajstić information content (AvgIpc) is 2.86. The van der Waals surface area contributed by atoms with Gasteiger partial charge in [0.1, 0.15) is 5.82 Å². The second kappa shape index (κ2) is 5.70. The molecule has 1 unspecified atom stereocenters. The van der Waals surface area contributed by atoms with Gasteiger partial charge in [-0.1, -0.05) is 17.3 Å². The van der Waals surface area contributed by atoms with Crippen LogP contribution in [0.25, 0.3) is 11.5 Å². The number of benzene rings is 1. The summed E-state index contributed by atoms with van der Waals surface area (Å²) in [7, 11) is 0. The van der Waals surface area contributed by atoms with Gasteiger partial charge in [0.2, 0.25) is 0 Å². The third-order valence-corrected chi connectivity index (χ3v) is 2.38. The Balaban J connectivity index is 2.18. The van der Waals surface area contributed by atoms with E-state index in [1.165, 1.54) is 6.07 Å². The van der Waals surface area contributed by atoms with Gasteiger partial charge in [-0.05, 0) is 19.1 Å². The highest BCUT2D eigenvalue weighted by atomic mass is 19.1. The predicted molar refractivity (Wildman–Crippen MR) is 63.1 cm³/mol. The normalized spacial score (nSPS) is 12.6. The summed E-state index contributed by atoms with van der Waals surface area (Å²) < 4.78 is 23.7. The molecule has 96 valence electrons. The molecule has 0 saturated heterocycles. The first-order valence-electron chi connectivity index (χ1n) is 5.64. The van der Waals surface area contributed by atoms with Gasteiger partial charge in [-0.3, -0.25) is 0 Å². The minimum atomic E-state index is -0.478. The molecule has 2 N–H and O–H groups in total. The zero-order chi connectivity index (χ0) is 13.0.